The average Bonchev–Trinajstić information content (AvgIpc) is 3.31. The Morgan fingerprint density at radius 3 is 3.07 bits per heavy atom. The number of aromatic nitrogens is 3. The molecule has 0 bridgehead atoms. The third kappa shape index (κ3) is 3.41. The minimum Gasteiger partial charge on any atom is -0.404 e. The van der Waals surface area contributed by atoms with Crippen molar-refractivity contribution in [3.63, 3.8) is 0 Å². The maximum Gasteiger partial charge on any atom is 0.530 e. The quantitative estimate of drug-likeness (QED) is 0.602. The van der Waals surface area contributed by atoms with Crippen molar-refractivity contribution in [1.82, 2.24) is 14.5 Å². The summed E-state index contributed by atoms with van der Waals surface area (Å²) < 4.78 is 37.0. The van der Waals surface area contributed by atoms with Gasteiger partial charge in [0.25, 0.3) is 5.56 Å². The van der Waals surface area contributed by atoms with E-state index in [0.717, 1.165) is 11.1 Å². The monoisotopic (exact) mass is 432 g/mol. The highest BCUT2D eigenvalue weighted by Gasteiger charge is 2.37. The molecule has 3 aromatic rings. The molecule has 1 fully saturated rings. The van der Waals surface area contributed by atoms with Crippen LogP contribution in [0.3, 0.4) is 0 Å². The number of phosphoric acid groups is 1. The van der Waals surface area contributed by atoms with Gasteiger partial charge in [-0.25, -0.2) is 4.57 Å². The topological polar surface area (TPSA) is 131 Å². The van der Waals surface area contributed by atoms with Crippen molar-refractivity contribution >= 4 is 24.8 Å². The van der Waals surface area contributed by atoms with Gasteiger partial charge in [-0.3, -0.25) is 18.8 Å². The summed E-state index contributed by atoms with van der Waals surface area (Å²) in [5, 5.41) is 0.486. The fourth-order valence-electron chi connectivity index (χ4n) is 3.83. The Morgan fingerprint density at radius 2 is 2.20 bits per heavy atom. The third-order valence-corrected chi connectivity index (χ3v) is 6.60. The number of anilines is 1. The number of nitrogen functional groups attached to an aromatic ring is 1. The second kappa shape index (κ2) is 7.24. The van der Waals surface area contributed by atoms with Crippen LogP contribution in [0.5, 0.6) is 5.75 Å². The molecule has 5 rings (SSSR count). The van der Waals surface area contributed by atoms with Crippen molar-refractivity contribution in [2.75, 3.05) is 12.3 Å². The molecule has 3 atom stereocenters. The number of nitrogens with zero attached hydrogens (tertiary/aromatic N) is 2. The first-order chi connectivity index (χ1) is 14.4. The van der Waals surface area contributed by atoms with Gasteiger partial charge in [-0.15, -0.1) is 0 Å². The van der Waals surface area contributed by atoms with Crippen LogP contribution in [-0.4, -0.2) is 27.2 Å². The number of fused-ring (bicyclic) bond motifs is 2. The van der Waals surface area contributed by atoms with Crippen molar-refractivity contribution < 1.29 is 22.9 Å². The summed E-state index contributed by atoms with van der Waals surface area (Å²) in [5.41, 5.74) is 7.51. The number of H-pyrrole nitrogens is 1. The first-order valence-corrected chi connectivity index (χ1v) is 11.1. The van der Waals surface area contributed by atoms with E-state index in [1.54, 1.807) is 12.1 Å². The highest BCUT2D eigenvalue weighted by atomic mass is 31.2. The number of aromatic amines is 1. The molecule has 0 saturated carbocycles. The number of para-hydroxylation sites is 1. The zero-order valence-corrected chi connectivity index (χ0v) is 17.1. The minimum absolute atomic E-state index is 0.0507. The molecule has 0 spiro atoms. The highest BCUT2D eigenvalue weighted by Crippen LogP contribution is 2.54. The summed E-state index contributed by atoms with van der Waals surface area (Å²) in [6, 6.07) is 7.24. The summed E-state index contributed by atoms with van der Waals surface area (Å²) in [6.45, 7) is 2.06. The number of aryl methyl sites for hydroxylation is 1. The van der Waals surface area contributed by atoms with Crippen LogP contribution >= 0.6 is 7.82 Å². The molecule has 11 heteroatoms. The molecular formula is C19H21N4O6P. The van der Waals surface area contributed by atoms with Crippen LogP contribution in [0.2, 0.25) is 0 Å². The summed E-state index contributed by atoms with van der Waals surface area (Å²) in [7, 11) is -3.70. The van der Waals surface area contributed by atoms with E-state index < -0.39 is 7.82 Å². The lowest BCUT2D eigenvalue weighted by molar-refractivity contribution is -0.0225. The number of nitrogens with two attached hydrogens (primary N) is 1. The summed E-state index contributed by atoms with van der Waals surface area (Å²) in [6.07, 6.45) is 2.55. The number of ether oxygens (including phenoxy) is 1. The maximum absolute atomic E-state index is 12.8. The maximum atomic E-state index is 12.8. The zero-order chi connectivity index (χ0) is 20.9. The van der Waals surface area contributed by atoms with Crippen molar-refractivity contribution in [3.05, 3.63) is 51.9 Å². The average molecular weight is 432 g/mol. The molecule has 0 radical (unpaired) electrons. The fourth-order valence-corrected chi connectivity index (χ4v) is 5.08. The minimum atomic E-state index is -3.70. The zero-order valence-electron chi connectivity index (χ0n) is 16.2. The molecule has 1 aromatic carbocycles. The van der Waals surface area contributed by atoms with E-state index in [2.05, 4.69) is 9.97 Å². The molecule has 158 valence electrons. The lowest BCUT2D eigenvalue weighted by Gasteiger charge is -2.25. The molecule has 3 N–H and O–H groups in total. The van der Waals surface area contributed by atoms with Crippen LogP contribution in [-0.2, 0) is 25.0 Å². The highest BCUT2D eigenvalue weighted by molar-refractivity contribution is 7.49. The summed E-state index contributed by atoms with van der Waals surface area (Å²) in [5.74, 6) is 0.551. The van der Waals surface area contributed by atoms with Gasteiger partial charge in [0.1, 0.15) is 12.0 Å². The molecule has 1 saturated heterocycles. The number of hydrogen-bond donors (Lipinski definition) is 2. The fraction of sp³-hybridized carbons (Fsp3) is 0.368. The van der Waals surface area contributed by atoms with Gasteiger partial charge >= 0.3 is 7.82 Å². The Labute approximate surface area is 171 Å². The number of nitrogens with one attached hydrogen (secondary N) is 1. The van der Waals surface area contributed by atoms with Gasteiger partial charge in [-0.05, 0) is 31.4 Å². The first-order valence-electron chi connectivity index (χ1n) is 9.61. The lowest BCUT2D eigenvalue weighted by Crippen LogP contribution is -2.19. The number of benzene rings is 1. The van der Waals surface area contributed by atoms with Crippen molar-refractivity contribution in [2.45, 2.75) is 38.7 Å². The summed E-state index contributed by atoms with van der Waals surface area (Å²) >= 11 is 0. The molecule has 10 nitrogen and oxygen atoms in total. The Bertz CT molecular complexity index is 1220. The van der Waals surface area contributed by atoms with Crippen LogP contribution in [0.15, 0.2) is 35.3 Å². The van der Waals surface area contributed by atoms with Gasteiger partial charge in [-0.2, -0.15) is 4.98 Å². The second-order valence-corrected chi connectivity index (χ2v) is 8.97. The molecule has 30 heavy (non-hydrogen) atoms. The molecule has 2 aliphatic heterocycles. The number of hydrogen-bond acceptors (Lipinski definition) is 8. The van der Waals surface area contributed by atoms with Gasteiger partial charge in [0, 0.05) is 11.8 Å². The van der Waals surface area contributed by atoms with Crippen LogP contribution in [0.25, 0.3) is 11.0 Å². The number of rotatable bonds is 4. The number of phosphoric ester groups is 1. The predicted octanol–water partition coefficient (Wildman–Crippen LogP) is 3.03. The van der Waals surface area contributed by atoms with E-state index in [1.165, 1.54) is 0 Å². The van der Waals surface area contributed by atoms with Crippen LogP contribution in [0.1, 0.15) is 30.2 Å². The van der Waals surface area contributed by atoms with E-state index >= 15 is 0 Å². The van der Waals surface area contributed by atoms with Gasteiger partial charge in [0.05, 0.1) is 24.7 Å². The Morgan fingerprint density at radius 1 is 1.37 bits per heavy atom. The molecular weight excluding hydrogens is 411 g/mol. The first kappa shape index (κ1) is 19.3. The molecule has 3 unspecified atom stereocenters. The molecule has 2 aromatic heterocycles. The van der Waals surface area contributed by atoms with E-state index in [-0.39, 0.29) is 37.1 Å². The Balaban J connectivity index is 1.28. The molecule has 0 aliphatic carbocycles. The van der Waals surface area contributed by atoms with E-state index in [4.69, 9.17) is 24.0 Å². The van der Waals surface area contributed by atoms with E-state index in [0.29, 0.717) is 29.6 Å². The Kier molecular flexibility index (Phi) is 4.67. The van der Waals surface area contributed by atoms with Gasteiger partial charge in [0.15, 0.2) is 5.65 Å². The normalized spacial score (nSPS) is 25.9. The third-order valence-electron chi connectivity index (χ3n) is 5.27. The SMILES string of the molecule is Cc1cn(C2CCC(COP3(=O)OCc4ccccc4O3)O2)c2nc(N)[nH]c(=O)c12. The van der Waals surface area contributed by atoms with Gasteiger partial charge in [0.2, 0.25) is 5.95 Å². The summed E-state index contributed by atoms with van der Waals surface area (Å²) in [4.78, 5) is 19.0. The van der Waals surface area contributed by atoms with Crippen LogP contribution < -0.4 is 15.8 Å². The van der Waals surface area contributed by atoms with Crippen molar-refractivity contribution in [1.29, 1.82) is 0 Å². The molecule has 4 heterocycles. The Hall–Kier alpha value is -2.65. The van der Waals surface area contributed by atoms with Crippen molar-refractivity contribution in [2.24, 2.45) is 0 Å². The van der Waals surface area contributed by atoms with E-state index in [1.807, 2.05) is 29.8 Å². The van der Waals surface area contributed by atoms with Gasteiger partial charge < -0.3 is 19.6 Å². The van der Waals surface area contributed by atoms with E-state index in [9.17, 15) is 9.36 Å². The predicted molar refractivity (Wildman–Crippen MR) is 108 cm³/mol. The van der Waals surface area contributed by atoms with Crippen LogP contribution in [0.4, 0.5) is 5.95 Å². The second-order valence-electron chi connectivity index (χ2n) is 7.37. The smallest absolute Gasteiger partial charge is 0.404 e. The lowest BCUT2D eigenvalue weighted by atomic mass is 10.2. The van der Waals surface area contributed by atoms with Gasteiger partial charge in [-0.1, -0.05) is 18.2 Å². The molecule has 0 amide bonds. The van der Waals surface area contributed by atoms with Crippen LogP contribution in [0, 0.1) is 6.92 Å². The van der Waals surface area contributed by atoms with Crippen molar-refractivity contribution in [3.8, 4) is 5.75 Å². The standard InChI is InChI=1S/C19H21N4O6P/c1-11-8-23(17-16(11)18(24)22-19(20)21-17)15-7-6-13(28-15)10-27-30(25)26-9-12-4-2-3-5-14(12)29-30/h2-5,8,13,15H,6-7,9-10H2,1H3,(H3,20,21,22,24). The molecule has 2 aliphatic rings. The largest absolute Gasteiger partial charge is 0.530 e.